The highest BCUT2D eigenvalue weighted by atomic mass is 16.4. The molecule has 1 amide bonds. The monoisotopic (exact) mass is 279 g/mol. The zero-order valence-electron chi connectivity index (χ0n) is 11.7. The molecule has 1 fully saturated rings. The number of rotatable bonds is 5. The average Bonchev–Trinajstić information content (AvgIpc) is 2.88. The molecule has 0 aliphatic heterocycles. The molecule has 1 aromatic heterocycles. The molecule has 1 heterocycles. The van der Waals surface area contributed by atoms with E-state index in [9.17, 15) is 9.59 Å². The second-order valence-electron chi connectivity index (χ2n) is 5.55. The van der Waals surface area contributed by atoms with Crippen molar-refractivity contribution in [2.45, 2.75) is 39.2 Å². The summed E-state index contributed by atoms with van der Waals surface area (Å²) in [5.41, 5.74) is 0.0256. The molecular formula is C14H21N3O3. The molecule has 6 heteroatoms. The number of hydrogen-bond acceptors (Lipinski definition) is 3. The fourth-order valence-corrected chi connectivity index (χ4v) is 2.57. The van der Waals surface area contributed by atoms with E-state index >= 15 is 0 Å². The largest absolute Gasteiger partial charge is 0.476 e. The van der Waals surface area contributed by atoms with Gasteiger partial charge in [0.2, 0.25) is 5.91 Å². The van der Waals surface area contributed by atoms with Gasteiger partial charge in [0, 0.05) is 25.2 Å². The van der Waals surface area contributed by atoms with Gasteiger partial charge in [-0.15, -0.1) is 0 Å². The van der Waals surface area contributed by atoms with Crippen molar-refractivity contribution in [2.75, 3.05) is 6.54 Å². The van der Waals surface area contributed by atoms with Crippen LogP contribution in [-0.4, -0.2) is 33.1 Å². The number of carboxylic acid groups (broad SMARTS) is 1. The van der Waals surface area contributed by atoms with Crippen LogP contribution in [0.5, 0.6) is 0 Å². The van der Waals surface area contributed by atoms with E-state index in [-0.39, 0.29) is 17.5 Å². The molecule has 2 N–H and O–H groups in total. The molecule has 0 atom stereocenters. The molecule has 0 aromatic carbocycles. The van der Waals surface area contributed by atoms with Crippen LogP contribution in [0.3, 0.4) is 0 Å². The molecule has 0 saturated heterocycles. The summed E-state index contributed by atoms with van der Waals surface area (Å²) >= 11 is 0. The quantitative estimate of drug-likeness (QED) is 0.856. The number of aromatic nitrogens is 2. The first-order valence-electron chi connectivity index (χ1n) is 7.09. The first-order chi connectivity index (χ1) is 9.56. The minimum absolute atomic E-state index is 0.0256. The lowest BCUT2D eigenvalue weighted by Gasteiger charge is -2.25. The lowest BCUT2D eigenvalue weighted by molar-refractivity contribution is -0.126. The van der Waals surface area contributed by atoms with Crippen LogP contribution in [0.1, 0.15) is 43.1 Å². The summed E-state index contributed by atoms with van der Waals surface area (Å²) in [6, 6.07) is 0. The molecule has 1 aromatic rings. The Balaban J connectivity index is 1.72. The van der Waals surface area contributed by atoms with E-state index in [1.54, 1.807) is 4.57 Å². The second kappa shape index (κ2) is 6.54. The van der Waals surface area contributed by atoms with E-state index in [2.05, 4.69) is 17.2 Å². The Bertz CT molecular complexity index is 476. The van der Waals surface area contributed by atoms with Crippen molar-refractivity contribution in [2.24, 2.45) is 11.8 Å². The highest BCUT2D eigenvalue weighted by Gasteiger charge is 2.23. The first kappa shape index (κ1) is 14.6. The molecule has 0 bridgehead atoms. The SMILES string of the molecule is CC1CCC(C(=O)NCCn2cnc(C(=O)O)c2)CC1. The number of carbonyl (C=O) groups is 2. The molecule has 0 unspecified atom stereocenters. The smallest absolute Gasteiger partial charge is 0.356 e. The number of nitrogens with one attached hydrogen (secondary N) is 1. The van der Waals surface area contributed by atoms with Crippen molar-refractivity contribution in [1.82, 2.24) is 14.9 Å². The predicted octanol–water partition coefficient (Wildman–Crippen LogP) is 1.52. The molecule has 6 nitrogen and oxygen atoms in total. The van der Waals surface area contributed by atoms with Crippen molar-refractivity contribution in [3.8, 4) is 0 Å². The highest BCUT2D eigenvalue weighted by Crippen LogP contribution is 2.28. The zero-order valence-corrected chi connectivity index (χ0v) is 11.7. The van der Waals surface area contributed by atoms with Crippen LogP contribution in [0.4, 0.5) is 0 Å². The van der Waals surface area contributed by atoms with Crippen molar-refractivity contribution >= 4 is 11.9 Å². The molecule has 0 spiro atoms. The predicted molar refractivity (Wildman–Crippen MR) is 73.3 cm³/mol. The number of carboxylic acids is 1. The van der Waals surface area contributed by atoms with E-state index in [4.69, 9.17) is 5.11 Å². The Morgan fingerprint density at radius 3 is 2.70 bits per heavy atom. The lowest BCUT2D eigenvalue weighted by atomic mass is 9.82. The van der Waals surface area contributed by atoms with E-state index in [0.29, 0.717) is 13.1 Å². The van der Waals surface area contributed by atoms with Gasteiger partial charge in [0.05, 0.1) is 6.33 Å². The van der Waals surface area contributed by atoms with E-state index < -0.39 is 5.97 Å². The summed E-state index contributed by atoms with van der Waals surface area (Å²) in [4.78, 5) is 26.4. The number of carbonyl (C=O) groups excluding carboxylic acids is 1. The maximum Gasteiger partial charge on any atom is 0.356 e. The van der Waals surface area contributed by atoms with Crippen molar-refractivity contribution in [1.29, 1.82) is 0 Å². The standard InChI is InChI=1S/C14H21N3O3/c1-10-2-4-11(5-3-10)13(18)15-6-7-17-8-12(14(19)20)16-9-17/h8-11H,2-7H2,1H3,(H,15,18)(H,19,20). The number of aromatic carboxylic acids is 1. The van der Waals surface area contributed by atoms with Crippen LogP contribution < -0.4 is 5.32 Å². The van der Waals surface area contributed by atoms with E-state index in [0.717, 1.165) is 31.6 Å². The van der Waals surface area contributed by atoms with Gasteiger partial charge in [-0.05, 0) is 31.6 Å². The van der Waals surface area contributed by atoms with Crippen LogP contribution >= 0.6 is 0 Å². The molecule has 20 heavy (non-hydrogen) atoms. The van der Waals surface area contributed by atoms with Crippen LogP contribution in [0.15, 0.2) is 12.5 Å². The highest BCUT2D eigenvalue weighted by molar-refractivity contribution is 5.84. The summed E-state index contributed by atoms with van der Waals surface area (Å²) in [6.07, 6.45) is 7.14. The summed E-state index contributed by atoms with van der Waals surface area (Å²) in [7, 11) is 0. The number of imidazole rings is 1. The summed E-state index contributed by atoms with van der Waals surface area (Å²) in [6.45, 7) is 3.27. The first-order valence-corrected chi connectivity index (χ1v) is 7.09. The van der Waals surface area contributed by atoms with Gasteiger partial charge in [-0.3, -0.25) is 4.79 Å². The molecule has 1 aliphatic rings. The zero-order chi connectivity index (χ0) is 14.5. The maximum absolute atomic E-state index is 12.0. The Labute approximate surface area is 118 Å². The van der Waals surface area contributed by atoms with Crippen LogP contribution in [0.2, 0.25) is 0 Å². The van der Waals surface area contributed by atoms with Crippen molar-refractivity contribution in [3.63, 3.8) is 0 Å². The van der Waals surface area contributed by atoms with E-state index in [1.165, 1.54) is 12.5 Å². The van der Waals surface area contributed by atoms with Crippen LogP contribution in [0.25, 0.3) is 0 Å². The minimum atomic E-state index is -1.04. The molecule has 2 rings (SSSR count). The van der Waals surface area contributed by atoms with Gasteiger partial charge in [0.15, 0.2) is 5.69 Å². The number of hydrogen-bond donors (Lipinski definition) is 2. The maximum atomic E-state index is 12.0. The lowest BCUT2D eigenvalue weighted by Crippen LogP contribution is -2.34. The summed E-state index contributed by atoms with van der Waals surface area (Å²) < 4.78 is 1.67. The third-order valence-corrected chi connectivity index (χ3v) is 3.91. The minimum Gasteiger partial charge on any atom is -0.476 e. The fourth-order valence-electron chi connectivity index (χ4n) is 2.57. The van der Waals surface area contributed by atoms with E-state index in [1.807, 2.05) is 0 Å². The normalized spacial score (nSPS) is 22.4. The Hall–Kier alpha value is -1.85. The van der Waals surface area contributed by atoms with Gasteiger partial charge in [-0.1, -0.05) is 6.92 Å². The Morgan fingerprint density at radius 1 is 1.40 bits per heavy atom. The van der Waals surface area contributed by atoms with Crippen LogP contribution in [0, 0.1) is 11.8 Å². The molecule has 110 valence electrons. The molecular weight excluding hydrogens is 258 g/mol. The van der Waals surface area contributed by atoms with Gasteiger partial charge >= 0.3 is 5.97 Å². The average molecular weight is 279 g/mol. The van der Waals surface area contributed by atoms with Gasteiger partial charge in [0.1, 0.15) is 0 Å². The molecule has 1 aliphatic carbocycles. The summed E-state index contributed by atoms with van der Waals surface area (Å²) in [5, 5.41) is 11.7. The fraction of sp³-hybridized carbons (Fsp3) is 0.643. The van der Waals surface area contributed by atoms with Crippen molar-refractivity contribution < 1.29 is 14.7 Å². The second-order valence-corrected chi connectivity index (χ2v) is 5.55. The topological polar surface area (TPSA) is 84.2 Å². The third-order valence-electron chi connectivity index (χ3n) is 3.91. The van der Waals surface area contributed by atoms with Crippen molar-refractivity contribution in [3.05, 3.63) is 18.2 Å². The van der Waals surface area contributed by atoms with Crippen LogP contribution in [-0.2, 0) is 11.3 Å². The third kappa shape index (κ3) is 3.82. The number of nitrogens with zero attached hydrogens (tertiary/aromatic N) is 2. The van der Waals surface area contributed by atoms with Gasteiger partial charge in [-0.25, -0.2) is 9.78 Å². The van der Waals surface area contributed by atoms with Gasteiger partial charge in [-0.2, -0.15) is 0 Å². The Morgan fingerprint density at radius 2 is 2.10 bits per heavy atom. The number of amides is 1. The Kier molecular flexibility index (Phi) is 4.76. The molecule has 1 saturated carbocycles. The van der Waals surface area contributed by atoms with Gasteiger partial charge < -0.3 is 15.0 Å². The van der Waals surface area contributed by atoms with Gasteiger partial charge in [0.25, 0.3) is 0 Å². The molecule has 0 radical (unpaired) electrons. The summed E-state index contributed by atoms with van der Waals surface area (Å²) in [5.74, 6) is -0.0393.